The maximum atomic E-state index is 14.0. The lowest BCUT2D eigenvalue weighted by Crippen LogP contribution is -2.50. The molecule has 1 aromatic heterocycles. The number of urea groups is 1. The van der Waals surface area contributed by atoms with Crippen molar-refractivity contribution in [2.45, 2.75) is 66.0 Å². The minimum atomic E-state index is -0.575. The number of amides is 2. The standard InChI is InChI=1S/C27H34ClFN4O2/c1-7-23(32(15-14-17(2)3)26(35)31-27(4,5)6)24-30-22-11-9-8-10-19(22)25(34)33(24)18-12-13-21(29)20(28)16-18/h8-13,16-17,23H,7,14-15H2,1-6H3,(H,31,35). The lowest BCUT2D eigenvalue weighted by Gasteiger charge is -2.35. The maximum absolute atomic E-state index is 14.0. The molecule has 8 heteroatoms. The number of rotatable bonds is 7. The van der Waals surface area contributed by atoms with E-state index in [0.29, 0.717) is 41.3 Å². The van der Waals surface area contributed by atoms with Gasteiger partial charge in [0.1, 0.15) is 11.6 Å². The fraction of sp³-hybridized carbons (Fsp3) is 0.444. The Morgan fingerprint density at radius 1 is 1.20 bits per heavy atom. The van der Waals surface area contributed by atoms with E-state index < -0.39 is 17.4 Å². The maximum Gasteiger partial charge on any atom is 0.318 e. The van der Waals surface area contributed by atoms with E-state index in [9.17, 15) is 14.0 Å². The van der Waals surface area contributed by atoms with Crippen LogP contribution in [-0.4, -0.2) is 32.6 Å². The van der Waals surface area contributed by atoms with Crippen molar-refractivity contribution in [3.05, 3.63) is 69.5 Å². The van der Waals surface area contributed by atoms with Crippen LogP contribution in [0.3, 0.4) is 0 Å². The van der Waals surface area contributed by atoms with Crippen molar-refractivity contribution >= 4 is 28.5 Å². The first-order chi connectivity index (χ1) is 16.4. The molecule has 35 heavy (non-hydrogen) atoms. The predicted molar refractivity (Wildman–Crippen MR) is 140 cm³/mol. The van der Waals surface area contributed by atoms with E-state index >= 15 is 0 Å². The van der Waals surface area contributed by atoms with E-state index in [1.807, 2.05) is 33.8 Å². The van der Waals surface area contributed by atoms with Crippen LogP contribution in [0.5, 0.6) is 0 Å². The lowest BCUT2D eigenvalue weighted by atomic mass is 10.1. The number of nitrogens with zero attached hydrogens (tertiary/aromatic N) is 3. The van der Waals surface area contributed by atoms with Gasteiger partial charge in [-0.15, -0.1) is 0 Å². The molecular formula is C27H34ClFN4O2. The normalized spacial score (nSPS) is 12.7. The predicted octanol–water partition coefficient (Wildman–Crippen LogP) is 6.49. The summed E-state index contributed by atoms with van der Waals surface area (Å²) < 4.78 is 15.4. The van der Waals surface area contributed by atoms with Gasteiger partial charge in [0.05, 0.1) is 27.7 Å². The van der Waals surface area contributed by atoms with Crippen LogP contribution < -0.4 is 10.9 Å². The van der Waals surface area contributed by atoms with Crippen molar-refractivity contribution in [1.29, 1.82) is 0 Å². The number of carbonyl (C=O) groups is 1. The molecule has 1 N–H and O–H groups in total. The third-order valence-electron chi connectivity index (χ3n) is 5.71. The number of nitrogens with one attached hydrogen (secondary N) is 1. The first-order valence-electron chi connectivity index (χ1n) is 12.0. The van der Waals surface area contributed by atoms with E-state index in [-0.39, 0.29) is 16.6 Å². The Kier molecular flexibility index (Phi) is 8.21. The Hall–Kier alpha value is -2.93. The van der Waals surface area contributed by atoms with Gasteiger partial charge in [0.25, 0.3) is 5.56 Å². The summed E-state index contributed by atoms with van der Waals surface area (Å²) in [4.78, 5) is 33.8. The van der Waals surface area contributed by atoms with Crippen LogP contribution in [0, 0.1) is 11.7 Å². The molecule has 1 atom stereocenters. The number of carbonyl (C=O) groups excluding carboxylic acids is 1. The highest BCUT2D eigenvalue weighted by atomic mass is 35.5. The Morgan fingerprint density at radius 3 is 2.49 bits per heavy atom. The van der Waals surface area contributed by atoms with Crippen LogP contribution in [0.15, 0.2) is 47.3 Å². The molecule has 0 saturated carbocycles. The van der Waals surface area contributed by atoms with Crippen molar-refractivity contribution in [3.63, 3.8) is 0 Å². The third-order valence-corrected chi connectivity index (χ3v) is 6.00. The zero-order valence-electron chi connectivity index (χ0n) is 21.2. The molecule has 0 radical (unpaired) electrons. The highest BCUT2D eigenvalue weighted by Crippen LogP contribution is 2.28. The third kappa shape index (κ3) is 6.20. The van der Waals surface area contributed by atoms with Crippen LogP contribution in [0.2, 0.25) is 5.02 Å². The molecule has 2 aromatic carbocycles. The van der Waals surface area contributed by atoms with Gasteiger partial charge in [-0.05, 0) is 69.9 Å². The Bertz CT molecular complexity index is 1270. The fourth-order valence-electron chi connectivity index (χ4n) is 3.98. The van der Waals surface area contributed by atoms with Crippen LogP contribution >= 0.6 is 11.6 Å². The smallest absolute Gasteiger partial charge is 0.318 e. The van der Waals surface area contributed by atoms with Gasteiger partial charge < -0.3 is 10.2 Å². The van der Waals surface area contributed by atoms with Crippen molar-refractivity contribution in [1.82, 2.24) is 19.8 Å². The van der Waals surface area contributed by atoms with E-state index in [1.165, 1.54) is 22.8 Å². The molecule has 0 bridgehead atoms. The van der Waals surface area contributed by atoms with Crippen LogP contribution in [0.25, 0.3) is 16.6 Å². The van der Waals surface area contributed by atoms with Gasteiger partial charge in [-0.3, -0.25) is 9.36 Å². The molecule has 3 aromatic rings. The first-order valence-corrected chi connectivity index (χ1v) is 12.4. The Balaban J connectivity index is 2.27. The number of benzene rings is 2. The Labute approximate surface area is 211 Å². The molecule has 0 saturated heterocycles. The summed E-state index contributed by atoms with van der Waals surface area (Å²) >= 11 is 6.08. The summed E-state index contributed by atoms with van der Waals surface area (Å²) in [6.45, 7) is 12.4. The first kappa shape index (κ1) is 26.7. The summed E-state index contributed by atoms with van der Waals surface area (Å²) in [5, 5.41) is 3.39. The molecule has 6 nitrogen and oxygen atoms in total. The van der Waals surface area contributed by atoms with Gasteiger partial charge in [-0.25, -0.2) is 14.2 Å². The second kappa shape index (κ2) is 10.8. The average molecular weight is 501 g/mol. The van der Waals surface area contributed by atoms with E-state index in [1.54, 1.807) is 23.1 Å². The topological polar surface area (TPSA) is 67.2 Å². The summed E-state index contributed by atoms with van der Waals surface area (Å²) in [5.41, 5.74) is 0.197. The molecule has 3 rings (SSSR count). The number of halogens is 2. The zero-order valence-corrected chi connectivity index (χ0v) is 22.0. The monoisotopic (exact) mass is 500 g/mol. The molecular weight excluding hydrogens is 467 g/mol. The van der Waals surface area contributed by atoms with Crippen molar-refractivity contribution < 1.29 is 9.18 Å². The second-order valence-electron chi connectivity index (χ2n) is 10.2. The molecule has 2 amide bonds. The van der Waals surface area contributed by atoms with E-state index in [4.69, 9.17) is 16.6 Å². The molecule has 1 heterocycles. The summed E-state index contributed by atoms with van der Waals surface area (Å²) in [7, 11) is 0. The van der Waals surface area contributed by atoms with Gasteiger partial charge in [0.15, 0.2) is 0 Å². The molecule has 0 spiro atoms. The minimum absolute atomic E-state index is 0.0938. The van der Waals surface area contributed by atoms with Gasteiger partial charge in [-0.2, -0.15) is 0 Å². The molecule has 0 aliphatic heterocycles. The summed E-state index contributed by atoms with van der Waals surface area (Å²) in [6.07, 6.45) is 1.31. The number of hydrogen-bond donors (Lipinski definition) is 1. The van der Waals surface area contributed by atoms with Crippen molar-refractivity contribution in [2.24, 2.45) is 5.92 Å². The van der Waals surface area contributed by atoms with Crippen molar-refractivity contribution in [3.8, 4) is 5.69 Å². The highest BCUT2D eigenvalue weighted by molar-refractivity contribution is 6.30. The Morgan fingerprint density at radius 2 is 1.89 bits per heavy atom. The van der Waals surface area contributed by atoms with Crippen LogP contribution in [0.1, 0.15) is 66.3 Å². The van der Waals surface area contributed by atoms with Gasteiger partial charge in [0.2, 0.25) is 0 Å². The SMILES string of the molecule is CCC(c1nc2ccccc2c(=O)n1-c1ccc(F)c(Cl)c1)N(CCC(C)C)C(=O)NC(C)(C)C. The zero-order chi connectivity index (χ0) is 25.9. The minimum Gasteiger partial charge on any atom is -0.333 e. The van der Waals surface area contributed by atoms with Crippen LogP contribution in [-0.2, 0) is 0 Å². The quantitative estimate of drug-likeness (QED) is 0.403. The summed E-state index contributed by atoms with van der Waals surface area (Å²) in [6, 6.07) is 10.5. The molecule has 0 aliphatic carbocycles. The summed E-state index contributed by atoms with van der Waals surface area (Å²) in [5.74, 6) is 0.209. The number of aromatic nitrogens is 2. The molecule has 0 aliphatic rings. The highest BCUT2D eigenvalue weighted by Gasteiger charge is 2.31. The van der Waals surface area contributed by atoms with Gasteiger partial charge in [-0.1, -0.05) is 44.5 Å². The molecule has 0 fully saturated rings. The largest absolute Gasteiger partial charge is 0.333 e. The van der Waals surface area contributed by atoms with Crippen molar-refractivity contribution in [2.75, 3.05) is 6.54 Å². The van der Waals surface area contributed by atoms with E-state index in [0.717, 1.165) is 6.42 Å². The van der Waals surface area contributed by atoms with Crippen LogP contribution in [0.4, 0.5) is 9.18 Å². The second-order valence-corrected chi connectivity index (χ2v) is 10.6. The average Bonchev–Trinajstić information content (AvgIpc) is 2.77. The van der Waals surface area contributed by atoms with Gasteiger partial charge in [0, 0.05) is 12.1 Å². The molecule has 1 unspecified atom stereocenters. The number of fused-ring (bicyclic) bond motifs is 1. The number of para-hydroxylation sites is 1. The van der Waals surface area contributed by atoms with Gasteiger partial charge >= 0.3 is 6.03 Å². The number of hydrogen-bond acceptors (Lipinski definition) is 3. The fourth-order valence-corrected chi connectivity index (χ4v) is 4.15. The lowest BCUT2D eigenvalue weighted by molar-refractivity contribution is 0.156. The molecule has 188 valence electrons. The van der Waals surface area contributed by atoms with E-state index in [2.05, 4.69) is 19.2 Å².